The van der Waals surface area contributed by atoms with E-state index in [1.54, 1.807) is 19.1 Å². The van der Waals surface area contributed by atoms with E-state index in [0.717, 1.165) is 26.1 Å². The number of nitro benzene ring substituents is 1. The Labute approximate surface area is 148 Å². The van der Waals surface area contributed by atoms with Gasteiger partial charge in [-0.05, 0) is 51.0 Å². The summed E-state index contributed by atoms with van der Waals surface area (Å²) in [5.74, 6) is 0. The molecule has 140 valence electrons. The van der Waals surface area contributed by atoms with Crippen molar-refractivity contribution < 1.29 is 24.2 Å². The number of ether oxygens (including phenoxy) is 3. The summed E-state index contributed by atoms with van der Waals surface area (Å²) in [6.45, 7) is 3.16. The van der Waals surface area contributed by atoms with E-state index in [0.29, 0.717) is 11.1 Å². The predicted molar refractivity (Wildman–Crippen MR) is 92.0 cm³/mol. The van der Waals surface area contributed by atoms with Crippen molar-refractivity contribution in [1.82, 2.24) is 0 Å². The number of nitro groups is 1. The number of hydrogen-bond acceptors (Lipinski definition) is 6. The number of benzene rings is 1. The standard InChI is InChI=1S/C10H18O3.C8H9NO3/c1-3-7-11-9(5-1)13-10-6-2-4-8-12-10;1-6-7(5-10)3-2-4-8(6)9(11)12/h9-10H,1-8H2;2-4,10H,5H2,1H3. The molecule has 7 nitrogen and oxygen atoms in total. The van der Waals surface area contributed by atoms with Crippen LogP contribution in [0.4, 0.5) is 5.69 Å². The van der Waals surface area contributed by atoms with Crippen LogP contribution in [0.15, 0.2) is 18.2 Å². The molecule has 2 aliphatic heterocycles. The Morgan fingerprint density at radius 2 is 1.76 bits per heavy atom. The van der Waals surface area contributed by atoms with E-state index in [2.05, 4.69) is 0 Å². The molecule has 1 aromatic rings. The van der Waals surface area contributed by atoms with Gasteiger partial charge < -0.3 is 19.3 Å². The fourth-order valence-electron chi connectivity index (χ4n) is 2.85. The summed E-state index contributed by atoms with van der Waals surface area (Å²) in [6.07, 6.45) is 6.83. The van der Waals surface area contributed by atoms with Crippen molar-refractivity contribution in [3.8, 4) is 0 Å². The molecule has 0 radical (unpaired) electrons. The van der Waals surface area contributed by atoms with Gasteiger partial charge >= 0.3 is 0 Å². The smallest absolute Gasteiger partial charge is 0.272 e. The number of rotatable bonds is 4. The van der Waals surface area contributed by atoms with Crippen LogP contribution in [0, 0.1) is 17.0 Å². The SMILES string of the molecule is C1CCC(OC2CCCCO2)OC1.Cc1c(CO)cccc1[N+](=O)[O-]. The third kappa shape index (κ3) is 6.36. The molecule has 0 spiro atoms. The van der Waals surface area contributed by atoms with Crippen molar-refractivity contribution in [3.05, 3.63) is 39.4 Å². The molecule has 2 aliphatic rings. The van der Waals surface area contributed by atoms with Gasteiger partial charge in [0.2, 0.25) is 0 Å². The van der Waals surface area contributed by atoms with E-state index in [1.165, 1.54) is 31.7 Å². The first kappa shape index (κ1) is 19.8. The molecule has 0 aliphatic carbocycles. The summed E-state index contributed by atoms with van der Waals surface area (Å²) in [4.78, 5) is 9.96. The lowest BCUT2D eigenvalue weighted by Crippen LogP contribution is -2.31. The van der Waals surface area contributed by atoms with Crippen LogP contribution in [-0.4, -0.2) is 35.8 Å². The van der Waals surface area contributed by atoms with Gasteiger partial charge in [0.25, 0.3) is 5.69 Å². The topological polar surface area (TPSA) is 91.1 Å². The van der Waals surface area contributed by atoms with Crippen LogP contribution in [-0.2, 0) is 20.8 Å². The summed E-state index contributed by atoms with van der Waals surface area (Å²) in [5, 5.41) is 19.2. The predicted octanol–water partition coefficient (Wildman–Crippen LogP) is 3.45. The third-order valence-electron chi connectivity index (χ3n) is 4.36. The Kier molecular flexibility index (Phi) is 8.27. The van der Waals surface area contributed by atoms with Crippen molar-refractivity contribution in [1.29, 1.82) is 0 Å². The van der Waals surface area contributed by atoms with Crippen LogP contribution in [0.1, 0.15) is 49.7 Å². The van der Waals surface area contributed by atoms with Crippen LogP contribution < -0.4 is 0 Å². The van der Waals surface area contributed by atoms with Gasteiger partial charge in [0.1, 0.15) is 0 Å². The minimum atomic E-state index is -0.450. The zero-order chi connectivity index (χ0) is 18.1. The minimum absolute atomic E-state index is 0.00292. The molecule has 0 amide bonds. The molecule has 2 unspecified atom stereocenters. The first-order valence-corrected chi connectivity index (χ1v) is 8.84. The molecule has 0 bridgehead atoms. The van der Waals surface area contributed by atoms with Gasteiger partial charge in [0.05, 0.1) is 11.5 Å². The number of nitrogens with zero attached hydrogens (tertiary/aromatic N) is 1. The van der Waals surface area contributed by atoms with Gasteiger partial charge in [-0.3, -0.25) is 10.1 Å². The van der Waals surface area contributed by atoms with E-state index in [9.17, 15) is 10.1 Å². The highest BCUT2D eigenvalue weighted by Gasteiger charge is 2.21. The van der Waals surface area contributed by atoms with Crippen LogP contribution in [0.5, 0.6) is 0 Å². The van der Waals surface area contributed by atoms with Gasteiger partial charge in [-0.25, -0.2) is 0 Å². The monoisotopic (exact) mass is 353 g/mol. The van der Waals surface area contributed by atoms with Crippen molar-refractivity contribution >= 4 is 5.69 Å². The molecule has 0 aromatic heterocycles. The highest BCUT2D eigenvalue weighted by molar-refractivity contribution is 5.44. The Balaban J connectivity index is 0.000000181. The molecule has 3 rings (SSSR count). The summed E-state index contributed by atoms with van der Waals surface area (Å²) >= 11 is 0. The summed E-state index contributed by atoms with van der Waals surface area (Å²) in [6, 6.07) is 4.66. The molecular formula is C18H27NO6. The second-order valence-electron chi connectivity index (χ2n) is 6.20. The van der Waals surface area contributed by atoms with Crippen LogP contribution >= 0.6 is 0 Å². The Hall–Kier alpha value is -1.54. The van der Waals surface area contributed by atoms with Gasteiger partial charge in [-0.2, -0.15) is 0 Å². The maximum atomic E-state index is 10.4. The van der Waals surface area contributed by atoms with E-state index in [1.807, 2.05) is 0 Å². The zero-order valence-electron chi connectivity index (χ0n) is 14.7. The molecule has 0 saturated carbocycles. The first-order valence-electron chi connectivity index (χ1n) is 8.84. The van der Waals surface area contributed by atoms with Gasteiger partial charge in [-0.15, -0.1) is 0 Å². The summed E-state index contributed by atoms with van der Waals surface area (Å²) in [5.41, 5.74) is 1.19. The maximum Gasteiger partial charge on any atom is 0.272 e. The quantitative estimate of drug-likeness (QED) is 0.658. The second-order valence-corrected chi connectivity index (χ2v) is 6.20. The van der Waals surface area contributed by atoms with Crippen molar-refractivity contribution in [2.75, 3.05) is 13.2 Å². The van der Waals surface area contributed by atoms with E-state index >= 15 is 0 Å². The number of aliphatic hydroxyl groups is 1. The molecular weight excluding hydrogens is 326 g/mol. The Bertz CT molecular complexity index is 522. The lowest BCUT2D eigenvalue weighted by atomic mass is 10.1. The highest BCUT2D eigenvalue weighted by Crippen LogP contribution is 2.21. The molecule has 1 aromatic carbocycles. The zero-order valence-corrected chi connectivity index (χ0v) is 14.7. The number of hydrogen-bond donors (Lipinski definition) is 1. The van der Waals surface area contributed by atoms with Crippen LogP contribution in [0.2, 0.25) is 0 Å². The van der Waals surface area contributed by atoms with Crippen molar-refractivity contribution in [2.45, 2.75) is 64.6 Å². The van der Waals surface area contributed by atoms with Crippen LogP contribution in [0.25, 0.3) is 0 Å². The maximum absolute atomic E-state index is 10.4. The fraction of sp³-hybridized carbons (Fsp3) is 0.667. The molecule has 2 heterocycles. The largest absolute Gasteiger partial charge is 0.392 e. The summed E-state index contributed by atoms with van der Waals surface area (Å²) in [7, 11) is 0. The van der Waals surface area contributed by atoms with Gasteiger partial charge in [0, 0.05) is 24.8 Å². The average Bonchev–Trinajstić information content (AvgIpc) is 2.64. The van der Waals surface area contributed by atoms with Crippen molar-refractivity contribution in [2.24, 2.45) is 0 Å². The van der Waals surface area contributed by atoms with E-state index < -0.39 is 4.92 Å². The average molecular weight is 353 g/mol. The third-order valence-corrected chi connectivity index (χ3v) is 4.36. The highest BCUT2D eigenvalue weighted by atomic mass is 16.8. The Morgan fingerprint density at radius 1 is 1.16 bits per heavy atom. The lowest BCUT2D eigenvalue weighted by molar-refractivity contribution is -0.385. The van der Waals surface area contributed by atoms with Crippen molar-refractivity contribution in [3.63, 3.8) is 0 Å². The van der Waals surface area contributed by atoms with Crippen LogP contribution in [0.3, 0.4) is 0 Å². The summed E-state index contributed by atoms with van der Waals surface area (Å²) < 4.78 is 16.6. The molecule has 2 saturated heterocycles. The number of aliphatic hydroxyl groups excluding tert-OH is 1. The molecule has 1 N–H and O–H groups in total. The van der Waals surface area contributed by atoms with Gasteiger partial charge in [0.15, 0.2) is 12.6 Å². The normalized spacial score (nSPS) is 23.4. The fourth-order valence-corrected chi connectivity index (χ4v) is 2.85. The first-order chi connectivity index (χ1) is 12.1. The van der Waals surface area contributed by atoms with E-state index in [-0.39, 0.29) is 24.9 Å². The lowest BCUT2D eigenvalue weighted by Gasteiger charge is -2.29. The molecule has 2 fully saturated rings. The Morgan fingerprint density at radius 3 is 2.20 bits per heavy atom. The second kappa shape index (κ2) is 10.5. The molecule has 2 atom stereocenters. The molecule has 7 heteroatoms. The van der Waals surface area contributed by atoms with E-state index in [4.69, 9.17) is 19.3 Å². The van der Waals surface area contributed by atoms with Gasteiger partial charge in [-0.1, -0.05) is 12.1 Å². The minimum Gasteiger partial charge on any atom is -0.392 e. The molecule has 25 heavy (non-hydrogen) atoms.